The molecule has 10 heteroatoms. The quantitative estimate of drug-likeness (QED) is 0.361. The van der Waals surface area contributed by atoms with Gasteiger partial charge in [-0.25, -0.2) is 4.98 Å². The Labute approximate surface area is 211 Å². The van der Waals surface area contributed by atoms with Crippen molar-refractivity contribution in [1.29, 1.82) is 0 Å². The number of carbonyl (C=O) groups excluding carboxylic acids is 2. The third kappa shape index (κ3) is 4.80. The fourth-order valence-electron chi connectivity index (χ4n) is 3.77. The lowest BCUT2D eigenvalue weighted by Gasteiger charge is -2.16. The molecular formula is C26H26N4O5S. The Bertz CT molecular complexity index is 1490. The number of aromatic nitrogens is 2. The molecule has 2 N–H and O–H groups in total. The van der Waals surface area contributed by atoms with Crippen molar-refractivity contribution in [2.45, 2.75) is 26.8 Å². The lowest BCUT2D eigenvalue weighted by Crippen LogP contribution is -2.32. The van der Waals surface area contributed by atoms with Gasteiger partial charge in [-0.1, -0.05) is 24.3 Å². The number of fused-ring (bicyclic) bond motifs is 1. The molecule has 0 radical (unpaired) electrons. The minimum Gasteiger partial charge on any atom is -0.495 e. The minimum atomic E-state index is -0.853. The van der Waals surface area contributed by atoms with Crippen molar-refractivity contribution in [1.82, 2.24) is 9.55 Å². The normalized spacial score (nSPS) is 11.7. The fourth-order valence-corrected chi connectivity index (χ4v) is 4.81. The Morgan fingerprint density at radius 3 is 2.36 bits per heavy atom. The molecule has 0 aliphatic rings. The van der Waals surface area contributed by atoms with Gasteiger partial charge in [-0.15, -0.1) is 11.3 Å². The van der Waals surface area contributed by atoms with Crippen molar-refractivity contribution < 1.29 is 19.1 Å². The van der Waals surface area contributed by atoms with Gasteiger partial charge >= 0.3 is 0 Å². The number of carbonyl (C=O) groups is 2. The van der Waals surface area contributed by atoms with Crippen molar-refractivity contribution in [3.63, 3.8) is 0 Å². The van der Waals surface area contributed by atoms with E-state index in [4.69, 9.17) is 9.47 Å². The van der Waals surface area contributed by atoms with Crippen LogP contribution in [0.4, 0.5) is 11.4 Å². The molecule has 2 aromatic carbocycles. The standard InChI is InChI=1S/C26H26N4O5S/c1-5-35-20-13-9-7-11-18(20)28-23(31)16(3)30-14-27-25-21(26(30)33)15(2)22(36-25)24(32)29-17-10-6-8-12-19(17)34-4/h6-14,16H,5H2,1-4H3,(H,28,31)(H,29,32). The Balaban J connectivity index is 1.62. The molecule has 0 spiro atoms. The molecule has 2 amide bonds. The molecule has 4 rings (SSSR count). The van der Waals surface area contributed by atoms with Crippen LogP contribution < -0.4 is 25.7 Å². The Hall–Kier alpha value is -4.18. The van der Waals surface area contributed by atoms with Gasteiger partial charge in [0.25, 0.3) is 11.5 Å². The summed E-state index contributed by atoms with van der Waals surface area (Å²) in [5, 5.41) is 5.96. The number of ether oxygens (including phenoxy) is 2. The van der Waals surface area contributed by atoms with Gasteiger partial charge in [0.15, 0.2) is 0 Å². The minimum absolute atomic E-state index is 0.307. The molecule has 2 aromatic heterocycles. The first-order valence-corrected chi connectivity index (χ1v) is 12.1. The number of hydrogen-bond donors (Lipinski definition) is 2. The van der Waals surface area contributed by atoms with Crippen molar-refractivity contribution >= 4 is 44.7 Å². The number of aryl methyl sites for hydroxylation is 1. The van der Waals surface area contributed by atoms with Crippen LogP contribution >= 0.6 is 11.3 Å². The van der Waals surface area contributed by atoms with Crippen molar-refractivity contribution in [3.8, 4) is 11.5 Å². The smallest absolute Gasteiger partial charge is 0.266 e. The van der Waals surface area contributed by atoms with Gasteiger partial charge in [-0.2, -0.15) is 0 Å². The number of hydrogen-bond acceptors (Lipinski definition) is 7. The number of nitrogens with zero attached hydrogens (tertiary/aromatic N) is 2. The van der Waals surface area contributed by atoms with E-state index in [-0.39, 0.29) is 5.91 Å². The molecule has 0 fully saturated rings. The fraction of sp³-hybridized carbons (Fsp3) is 0.231. The molecule has 4 aromatic rings. The van der Waals surface area contributed by atoms with E-state index in [0.717, 1.165) is 11.3 Å². The van der Waals surface area contributed by atoms with Gasteiger partial charge in [-0.3, -0.25) is 19.0 Å². The average Bonchev–Trinajstić information content (AvgIpc) is 3.22. The van der Waals surface area contributed by atoms with E-state index in [0.29, 0.717) is 50.1 Å². The van der Waals surface area contributed by atoms with Crippen molar-refractivity contribution in [2.75, 3.05) is 24.4 Å². The molecule has 1 atom stereocenters. The zero-order valence-electron chi connectivity index (χ0n) is 20.3. The summed E-state index contributed by atoms with van der Waals surface area (Å²) in [6.07, 6.45) is 1.33. The Morgan fingerprint density at radius 2 is 1.69 bits per heavy atom. The molecule has 2 heterocycles. The maximum absolute atomic E-state index is 13.4. The van der Waals surface area contributed by atoms with Crippen LogP contribution in [0, 0.1) is 6.92 Å². The molecular weight excluding hydrogens is 480 g/mol. The van der Waals surface area contributed by atoms with Gasteiger partial charge in [0.05, 0.1) is 41.7 Å². The first kappa shape index (κ1) is 24.9. The summed E-state index contributed by atoms with van der Waals surface area (Å²) in [7, 11) is 1.52. The van der Waals surface area contributed by atoms with Crippen LogP contribution in [0.2, 0.25) is 0 Å². The average molecular weight is 507 g/mol. The highest BCUT2D eigenvalue weighted by Crippen LogP contribution is 2.30. The third-order valence-electron chi connectivity index (χ3n) is 5.68. The van der Waals surface area contributed by atoms with Gasteiger partial charge < -0.3 is 20.1 Å². The van der Waals surface area contributed by atoms with E-state index in [1.807, 2.05) is 13.0 Å². The maximum Gasteiger partial charge on any atom is 0.266 e. The second-order valence-electron chi connectivity index (χ2n) is 7.94. The van der Waals surface area contributed by atoms with Crippen LogP contribution in [-0.2, 0) is 4.79 Å². The predicted molar refractivity (Wildman–Crippen MR) is 141 cm³/mol. The molecule has 36 heavy (non-hydrogen) atoms. The lowest BCUT2D eigenvalue weighted by atomic mass is 10.2. The first-order chi connectivity index (χ1) is 17.3. The summed E-state index contributed by atoms with van der Waals surface area (Å²) in [6, 6.07) is 13.3. The van der Waals surface area contributed by atoms with E-state index in [1.165, 1.54) is 18.0 Å². The lowest BCUT2D eigenvalue weighted by molar-refractivity contribution is -0.118. The molecule has 0 saturated heterocycles. The highest BCUT2D eigenvalue weighted by Gasteiger charge is 2.24. The third-order valence-corrected chi connectivity index (χ3v) is 6.88. The number of benzene rings is 2. The molecule has 0 aliphatic carbocycles. The van der Waals surface area contributed by atoms with Crippen LogP contribution in [0.25, 0.3) is 10.2 Å². The number of nitrogens with one attached hydrogen (secondary N) is 2. The van der Waals surface area contributed by atoms with Gasteiger partial charge in [0.2, 0.25) is 5.91 Å². The number of methoxy groups -OCH3 is 1. The van der Waals surface area contributed by atoms with Crippen LogP contribution in [0.15, 0.2) is 59.7 Å². The van der Waals surface area contributed by atoms with E-state index in [2.05, 4.69) is 15.6 Å². The second kappa shape index (κ2) is 10.6. The number of amides is 2. The predicted octanol–water partition coefficient (Wildman–Crippen LogP) is 4.63. The van der Waals surface area contributed by atoms with Crippen molar-refractivity contribution in [2.24, 2.45) is 0 Å². The maximum atomic E-state index is 13.4. The number of rotatable bonds is 8. The SMILES string of the molecule is CCOc1ccccc1NC(=O)C(C)n1cnc2sc(C(=O)Nc3ccccc3OC)c(C)c2c1=O. The zero-order chi connectivity index (χ0) is 25.8. The topological polar surface area (TPSA) is 112 Å². The number of anilines is 2. The summed E-state index contributed by atoms with van der Waals surface area (Å²) in [5.74, 6) is 0.299. The second-order valence-corrected chi connectivity index (χ2v) is 8.94. The summed E-state index contributed by atoms with van der Waals surface area (Å²) >= 11 is 1.12. The molecule has 186 valence electrons. The largest absolute Gasteiger partial charge is 0.495 e. The Morgan fingerprint density at radius 1 is 1.06 bits per heavy atom. The van der Waals surface area contributed by atoms with Crippen LogP contribution in [0.1, 0.15) is 35.1 Å². The summed E-state index contributed by atoms with van der Waals surface area (Å²) in [6.45, 7) is 5.62. The number of para-hydroxylation sites is 4. The molecule has 9 nitrogen and oxygen atoms in total. The monoisotopic (exact) mass is 506 g/mol. The summed E-state index contributed by atoms with van der Waals surface area (Å²) in [5.41, 5.74) is 1.14. The van der Waals surface area contributed by atoms with Crippen LogP contribution in [-0.4, -0.2) is 35.1 Å². The Kier molecular flexibility index (Phi) is 7.35. The van der Waals surface area contributed by atoms with Crippen LogP contribution in [0.5, 0.6) is 11.5 Å². The van der Waals surface area contributed by atoms with Gasteiger partial charge in [-0.05, 0) is 50.6 Å². The highest BCUT2D eigenvalue weighted by atomic mass is 32.1. The zero-order valence-corrected chi connectivity index (χ0v) is 21.1. The highest BCUT2D eigenvalue weighted by molar-refractivity contribution is 7.20. The van der Waals surface area contributed by atoms with E-state index >= 15 is 0 Å². The molecule has 0 bridgehead atoms. The van der Waals surface area contributed by atoms with Gasteiger partial charge in [0, 0.05) is 0 Å². The van der Waals surface area contributed by atoms with E-state index < -0.39 is 17.5 Å². The molecule has 0 aliphatic heterocycles. The van der Waals surface area contributed by atoms with E-state index in [9.17, 15) is 14.4 Å². The van der Waals surface area contributed by atoms with E-state index in [1.54, 1.807) is 56.3 Å². The summed E-state index contributed by atoms with van der Waals surface area (Å²) < 4.78 is 12.1. The molecule has 1 unspecified atom stereocenters. The first-order valence-electron chi connectivity index (χ1n) is 11.3. The number of thiophene rings is 1. The van der Waals surface area contributed by atoms with Crippen molar-refractivity contribution in [3.05, 3.63) is 75.7 Å². The van der Waals surface area contributed by atoms with Gasteiger partial charge in [0.1, 0.15) is 22.4 Å². The van der Waals surface area contributed by atoms with Crippen LogP contribution in [0.3, 0.4) is 0 Å². The summed E-state index contributed by atoms with van der Waals surface area (Å²) in [4.78, 5) is 44.6. The molecule has 0 saturated carbocycles.